The van der Waals surface area contributed by atoms with E-state index in [1.807, 2.05) is 63.4 Å². The number of nitrogens with zero attached hydrogens (tertiary/aromatic N) is 2. The Kier molecular flexibility index (Phi) is 5.78. The topological polar surface area (TPSA) is 83.6 Å². The van der Waals surface area contributed by atoms with Gasteiger partial charge in [0.25, 0.3) is 0 Å². The zero-order valence-electron chi connectivity index (χ0n) is 17.6. The Morgan fingerprint density at radius 1 is 1.17 bits per heavy atom. The summed E-state index contributed by atoms with van der Waals surface area (Å²) in [6, 6.07) is 13.8. The van der Waals surface area contributed by atoms with Crippen LogP contribution >= 0.6 is 0 Å². The highest BCUT2D eigenvalue weighted by atomic mass is 16.4. The lowest BCUT2D eigenvalue weighted by Crippen LogP contribution is -2.60. The van der Waals surface area contributed by atoms with Gasteiger partial charge in [-0.15, -0.1) is 0 Å². The number of carboxylic acid groups (broad SMARTS) is 1. The van der Waals surface area contributed by atoms with Gasteiger partial charge in [0, 0.05) is 31.1 Å². The van der Waals surface area contributed by atoms with Crippen molar-refractivity contribution in [2.24, 2.45) is 5.73 Å². The molecule has 0 saturated carbocycles. The molecule has 0 fully saturated rings. The molecular weight excluding hydrogens is 366 g/mol. The molecule has 0 radical (unpaired) electrons. The van der Waals surface area contributed by atoms with Crippen molar-refractivity contribution in [1.29, 1.82) is 0 Å². The minimum atomic E-state index is -0.938. The molecule has 0 aromatic heterocycles. The molecule has 2 aromatic rings. The number of fused-ring (bicyclic) bond motifs is 1. The third-order valence-corrected chi connectivity index (χ3v) is 6.47. The largest absolute Gasteiger partial charge is 0.465 e. The Balaban J connectivity index is 2.18. The monoisotopic (exact) mass is 396 g/mol. The van der Waals surface area contributed by atoms with Crippen LogP contribution in [-0.2, 0) is 11.3 Å². The molecule has 3 rings (SSSR count). The molecule has 2 amide bonds. The molecule has 0 saturated heterocycles. The quantitative estimate of drug-likeness (QED) is 0.761. The number of rotatable bonds is 4. The van der Waals surface area contributed by atoms with Gasteiger partial charge in [-0.2, -0.15) is 0 Å². The van der Waals surface area contributed by atoms with Crippen LogP contribution in [0.3, 0.4) is 0 Å². The molecule has 3 atom stereocenters. The summed E-state index contributed by atoms with van der Waals surface area (Å²) in [5, 5.41) is 9.76. The van der Waals surface area contributed by atoms with Gasteiger partial charge in [-0.25, -0.2) is 14.1 Å². The Bertz CT molecular complexity index is 925. The molecule has 1 heterocycles. The maximum atomic E-state index is 12.6. The number of carbonyl (C=O) groups is 2. The second-order valence-electron chi connectivity index (χ2n) is 7.94. The van der Waals surface area contributed by atoms with Crippen molar-refractivity contribution in [3.8, 4) is 11.1 Å². The van der Waals surface area contributed by atoms with Crippen molar-refractivity contribution in [1.82, 2.24) is 9.38 Å². The number of quaternary nitrogens is 1. The molecule has 1 aliphatic rings. The fourth-order valence-electron chi connectivity index (χ4n) is 4.42. The molecule has 0 aliphatic carbocycles. The summed E-state index contributed by atoms with van der Waals surface area (Å²) in [7, 11) is 1.93. The summed E-state index contributed by atoms with van der Waals surface area (Å²) in [6.45, 7) is 6.36. The van der Waals surface area contributed by atoms with E-state index in [0.29, 0.717) is 19.5 Å². The average molecular weight is 397 g/mol. The van der Waals surface area contributed by atoms with E-state index in [0.717, 1.165) is 27.9 Å². The van der Waals surface area contributed by atoms with Crippen molar-refractivity contribution < 1.29 is 14.7 Å². The van der Waals surface area contributed by atoms with Crippen LogP contribution in [0.15, 0.2) is 42.5 Å². The van der Waals surface area contributed by atoms with Gasteiger partial charge < -0.3 is 15.7 Å². The average Bonchev–Trinajstić information content (AvgIpc) is 2.71. The summed E-state index contributed by atoms with van der Waals surface area (Å²) >= 11 is 0. The van der Waals surface area contributed by atoms with Crippen LogP contribution in [0.25, 0.3) is 11.1 Å². The fraction of sp³-hybridized carbons (Fsp3) is 0.391. The van der Waals surface area contributed by atoms with E-state index >= 15 is 0 Å². The van der Waals surface area contributed by atoms with Gasteiger partial charge in [0.1, 0.15) is 5.69 Å². The first kappa shape index (κ1) is 21.0. The van der Waals surface area contributed by atoms with Crippen LogP contribution < -0.4 is 10.2 Å². The van der Waals surface area contributed by atoms with Crippen molar-refractivity contribution in [3.63, 3.8) is 0 Å². The third kappa shape index (κ3) is 3.54. The van der Waals surface area contributed by atoms with E-state index in [9.17, 15) is 14.7 Å². The van der Waals surface area contributed by atoms with E-state index in [-0.39, 0.29) is 22.5 Å². The Morgan fingerprint density at radius 2 is 1.79 bits per heavy atom. The first-order valence-electron chi connectivity index (χ1n) is 10.0. The second-order valence-corrected chi connectivity index (χ2v) is 7.94. The third-order valence-electron chi connectivity index (χ3n) is 6.47. The first-order chi connectivity index (χ1) is 13.7. The maximum Gasteiger partial charge on any atom is 0.407 e. The predicted molar refractivity (Wildman–Crippen MR) is 115 cm³/mol. The number of amides is 2. The van der Waals surface area contributed by atoms with E-state index < -0.39 is 6.09 Å². The van der Waals surface area contributed by atoms with Crippen LogP contribution in [0, 0.1) is 0 Å². The molecule has 1 aliphatic heterocycles. The van der Waals surface area contributed by atoms with E-state index in [4.69, 9.17) is 5.73 Å². The second kappa shape index (κ2) is 7.97. The molecule has 6 heteroatoms. The molecule has 154 valence electrons. The van der Waals surface area contributed by atoms with Crippen molar-refractivity contribution in [3.05, 3.63) is 53.6 Å². The van der Waals surface area contributed by atoms with Gasteiger partial charge >= 0.3 is 12.0 Å². The minimum Gasteiger partial charge on any atom is -0.465 e. The first-order valence-corrected chi connectivity index (χ1v) is 10.0. The number of hydrogen-bond donors (Lipinski definition) is 2. The minimum absolute atomic E-state index is 0.0203. The zero-order chi connectivity index (χ0) is 21.3. The van der Waals surface area contributed by atoms with Crippen LogP contribution in [0.5, 0.6) is 0 Å². The molecule has 1 unspecified atom stereocenters. The molecule has 6 nitrogen and oxygen atoms in total. The van der Waals surface area contributed by atoms with Crippen molar-refractivity contribution in [2.45, 2.75) is 45.8 Å². The van der Waals surface area contributed by atoms with Gasteiger partial charge in [0.2, 0.25) is 0 Å². The highest BCUT2D eigenvalue weighted by Gasteiger charge is 2.47. The lowest BCUT2D eigenvalue weighted by Gasteiger charge is -2.45. The maximum absolute atomic E-state index is 12.6. The Morgan fingerprint density at radius 3 is 2.31 bits per heavy atom. The van der Waals surface area contributed by atoms with Gasteiger partial charge in [-0.3, -0.25) is 0 Å². The van der Waals surface area contributed by atoms with Crippen molar-refractivity contribution in [2.75, 3.05) is 13.6 Å². The highest BCUT2D eigenvalue weighted by molar-refractivity contribution is 5.89. The van der Waals surface area contributed by atoms with Gasteiger partial charge in [0.15, 0.2) is 0 Å². The number of hydrogen-bond acceptors (Lipinski definition) is 3. The van der Waals surface area contributed by atoms with Gasteiger partial charge in [0.05, 0.1) is 26.1 Å². The molecule has 0 spiro atoms. The van der Waals surface area contributed by atoms with Gasteiger partial charge in [-0.05, 0) is 42.7 Å². The smallest absolute Gasteiger partial charge is 0.407 e. The zero-order valence-corrected chi connectivity index (χ0v) is 17.6. The van der Waals surface area contributed by atoms with Crippen molar-refractivity contribution >= 4 is 17.7 Å². The number of benzene rings is 2. The van der Waals surface area contributed by atoms with Crippen LogP contribution in [-0.4, -0.2) is 41.6 Å². The van der Waals surface area contributed by atoms with Crippen LogP contribution in [0.4, 0.5) is 10.5 Å². The predicted octanol–water partition coefficient (Wildman–Crippen LogP) is 4.13. The summed E-state index contributed by atoms with van der Waals surface area (Å²) in [6.07, 6.45) is -0.342. The Hall–Kier alpha value is -2.70. The summed E-state index contributed by atoms with van der Waals surface area (Å²) in [5.41, 5.74) is 10.6. The molecule has 3 N–H and O–H groups in total. The summed E-state index contributed by atoms with van der Waals surface area (Å²) < 4.78 is 0.176. The highest BCUT2D eigenvalue weighted by Crippen LogP contribution is 2.45. The van der Waals surface area contributed by atoms with Gasteiger partial charge in [-0.1, -0.05) is 24.3 Å². The lowest BCUT2D eigenvalue weighted by atomic mass is 9.86. The summed E-state index contributed by atoms with van der Waals surface area (Å²) in [4.78, 5) is 26.0. The molecule has 0 bridgehead atoms. The van der Waals surface area contributed by atoms with E-state index in [1.54, 1.807) is 6.92 Å². The van der Waals surface area contributed by atoms with Crippen LogP contribution in [0.1, 0.15) is 44.4 Å². The molecule has 29 heavy (non-hydrogen) atoms. The number of nitrogens with two attached hydrogens (primary N) is 1. The summed E-state index contributed by atoms with van der Waals surface area (Å²) in [5.74, 6) is 0.0515. The lowest BCUT2D eigenvalue weighted by molar-refractivity contribution is -0.129. The van der Waals surface area contributed by atoms with E-state index in [2.05, 4.69) is 0 Å². The normalized spacial score (nSPS) is 23.3. The SMILES string of the molecule is CCN(C(=O)O)C1C[C@H](C)[N@+](C)(C(C)=O)c2ccc(-c3ccc(CN)cc3)cc21. The van der Waals surface area contributed by atoms with E-state index in [1.165, 1.54) is 4.90 Å². The Labute approximate surface area is 172 Å². The molecule has 2 aromatic carbocycles. The fourth-order valence-corrected chi connectivity index (χ4v) is 4.42. The van der Waals surface area contributed by atoms with Crippen LogP contribution in [0.2, 0.25) is 0 Å². The standard InChI is InChI=1S/C23H29N3O3/c1-5-25(23(28)29)21-12-15(2)26(4,16(3)27)22-11-10-19(13-20(21)22)18-8-6-17(14-24)7-9-18/h6-11,13,15,21H,5,12,14,24H2,1-4H3/p+1/t15-,21?,26+/m0/s1. The number of carbonyl (C=O) groups excluding carboxylic acids is 1. The molecular formula is C23H30N3O3+.